The average Bonchev–Trinajstić information content (AvgIpc) is 2.65. The summed E-state index contributed by atoms with van der Waals surface area (Å²) in [7, 11) is 1.62. The van der Waals surface area contributed by atoms with Gasteiger partial charge in [0.2, 0.25) is 5.91 Å². The fourth-order valence-corrected chi connectivity index (χ4v) is 1.59. The molecule has 1 aliphatic rings. The first kappa shape index (κ1) is 8.99. The molecule has 0 aliphatic carbocycles. The first-order valence-corrected chi connectivity index (χ1v) is 4.56. The maximum atomic E-state index is 11.0. The molecule has 0 spiro atoms. The van der Waals surface area contributed by atoms with Crippen molar-refractivity contribution in [2.45, 2.75) is 12.3 Å². The summed E-state index contributed by atoms with van der Waals surface area (Å²) in [6.07, 6.45) is 2.23. The monoisotopic (exact) mass is 192 g/mol. The van der Waals surface area contributed by atoms with Crippen molar-refractivity contribution in [3.05, 3.63) is 24.0 Å². The van der Waals surface area contributed by atoms with Gasteiger partial charge in [-0.3, -0.25) is 9.78 Å². The Bertz CT molecular complexity index is 352. The number of ether oxygens (including phenoxy) is 1. The Morgan fingerprint density at radius 1 is 1.64 bits per heavy atom. The smallest absolute Gasteiger partial charge is 0.220 e. The van der Waals surface area contributed by atoms with Crippen LogP contribution in [0.3, 0.4) is 0 Å². The summed E-state index contributed by atoms with van der Waals surface area (Å²) in [5.41, 5.74) is 0.919. The Kier molecular flexibility index (Phi) is 2.35. The normalized spacial score (nSPS) is 20.6. The van der Waals surface area contributed by atoms with Crippen LogP contribution in [0.1, 0.15) is 18.0 Å². The number of aromatic nitrogens is 1. The molecule has 1 saturated heterocycles. The number of hydrogen-bond acceptors (Lipinski definition) is 3. The van der Waals surface area contributed by atoms with Gasteiger partial charge < -0.3 is 10.1 Å². The first-order chi connectivity index (χ1) is 6.79. The third kappa shape index (κ3) is 1.69. The minimum Gasteiger partial charge on any atom is -0.497 e. The lowest BCUT2D eigenvalue weighted by molar-refractivity contribution is -0.119. The number of rotatable bonds is 2. The molecule has 1 atom stereocenters. The quantitative estimate of drug-likeness (QED) is 0.750. The van der Waals surface area contributed by atoms with Crippen molar-refractivity contribution in [2.24, 2.45) is 0 Å². The molecule has 0 bridgehead atoms. The lowest BCUT2D eigenvalue weighted by Gasteiger charge is -2.07. The van der Waals surface area contributed by atoms with Crippen molar-refractivity contribution >= 4 is 5.91 Å². The van der Waals surface area contributed by atoms with E-state index in [0.29, 0.717) is 13.0 Å². The van der Waals surface area contributed by atoms with Gasteiger partial charge in [0.15, 0.2) is 0 Å². The highest BCUT2D eigenvalue weighted by Crippen LogP contribution is 2.23. The van der Waals surface area contributed by atoms with Gasteiger partial charge in [-0.15, -0.1) is 0 Å². The largest absolute Gasteiger partial charge is 0.497 e. The second-order valence-electron chi connectivity index (χ2n) is 3.33. The van der Waals surface area contributed by atoms with Gasteiger partial charge in [-0.1, -0.05) is 0 Å². The van der Waals surface area contributed by atoms with E-state index in [1.54, 1.807) is 19.4 Å². The molecule has 74 valence electrons. The summed E-state index contributed by atoms with van der Waals surface area (Å²) in [4.78, 5) is 15.2. The number of methoxy groups -OCH3 is 1. The van der Waals surface area contributed by atoms with Crippen LogP contribution in [0.4, 0.5) is 0 Å². The molecule has 1 N–H and O–H groups in total. The number of hydrogen-bond donors (Lipinski definition) is 1. The predicted octanol–water partition coefficient (Wildman–Crippen LogP) is 0.694. The molecular formula is C10H12N2O2. The molecule has 0 radical (unpaired) electrons. The summed E-state index contributed by atoms with van der Waals surface area (Å²) in [6, 6.07) is 3.68. The maximum absolute atomic E-state index is 11.0. The Morgan fingerprint density at radius 2 is 2.50 bits per heavy atom. The Balaban J connectivity index is 2.19. The van der Waals surface area contributed by atoms with E-state index in [-0.39, 0.29) is 11.8 Å². The molecule has 1 fully saturated rings. The van der Waals surface area contributed by atoms with Gasteiger partial charge in [-0.25, -0.2) is 0 Å². The van der Waals surface area contributed by atoms with E-state index < -0.39 is 0 Å². The SMILES string of the molecule is COc1ccnc(C2CNC(=O)C2)c1. The molecular weight excluding hydrogens is 180 g/mol. The van der Waals surface area contributed by atoms with Crippen molar-refractivity contribution in [3.63, 3.8) is 0 Å². The molecule has 4 nitrogen and oxygen atoms in total. The highest BCUT2D eigenvalue weighted by molar-refractivity contribution is 5.79. The topological polar surface area (TPSA) is 51.2 Å². The number of pyridine rings is 1. The predicted molar refractivity (Wildman–Crippen MR) is 51.2 cm³/mol. The van der Waals surface area contributed by atoms with Crippen LogP contribution in [-0.4, -0.2) is 24.5 Å². The summed E-state index contributed by atoms with van der Waals surface area (Å²) < 4.78 is 5.10. The van der Waals surface area contributed by atoms with Crippen molar-refractivity contribution in [1.29, 1.82) is 0 Å². The van der Waals surface area contributed by atoms with Crippen LogP contribution in [0, 0.1) is 0 Å². The number of nitrogens with one attached hydrogen (secondary N) is 1. The second-order valence-corrected chi connectivity index (χ2v) is 3.33. The van der Waals surface area contributed by atoms with Crippen LogP contribution in [-0.2, 0) is 4.79 Å². The molecule has 1 aromatic heterocycles. The molecule has 14 heavy (non-hydrogen) atoms. The van der Waals surface area contributed by atoms with Crippen molar-refractivity contribution < 1.29 is 9.53 Å². The van der Waals surface area contributed by atoms with E-state index in [0.717, 1.165) is 11.4 Å². The summed E-state index contributed by atoms with van der Waals surface area (Å²) in [5, 5.41) is 2.79. The van der Waals surface area contributed by atoms with E-state index >= 15 is 0 Å². The number of amides is 1. The van der Waals surface area contributed by atoms with Crippen molar-refractivity contribution in [3.8, 4) is 5.75 Å². The zero-order valence-electron chi connectivity index (χ0n) is 7.99. The fraction of sp³-hybridized carbons (Fsp3) is 0.400. The zero-order chi connectivity index (χ0) is 9.97. The van der Waals surface area contributed by atoms with E-state index in [1.807, 2.05) is 6.07 Å². The Morgan fingerprint density at radius 3 is 3.14 bits per heavy atom. The number of carbonyl (C=O) groups excluding carboxylic acids is 1. The maximum Gasteiger partial charge on any atom is 0.220 e. The summed E-state index contributed by atoms with van der Waals surface area (Å²) in [6.45, 7) is 0.680. The average molecular weight is 192 g/mol. The lowest BCUT2D eigenvalue weighted by atomic mass is 10.0. The third-order valence-corrected chi connectivity index (χ3v) is 2.38. The highest BCUT2D eigenvalue weighted by atomic mass is 16.5. The third-order valence-electron chi connectivity index (χ3n) is 2.38. The van der Waals surface area contributed by atoms with Gasteiger partial charge in [0.25, 0.3) is 0 Å². The zero-order valence-corrected chi connectivity index (χ0v) is 7.99. The minimum atomic E-state index is 0.0969. The van der Waals surface area contributed by atoms with Crippen molar-refractivity contribution in [2.75, 3.05) is 13.7 Å². The molecule has 2 heterocycles. The van der Waals surface area contributed by atoms with Crippen LogP contribution in [0.5, 0.6) is 5.75 Å². The molecule has 1 aromatic rings. The first-order valence-electron chi connectivity index (χ1n) is 4.56. The van der Waals surface area contributed by atoms with Gasteiger partial charge in [0, 0.05) is 36.8 Å². The van der Waals surface area contributed by atoms with Crippen LogP contribution in [0.25, 0.3) is 0 Å². The fourth-order valence-electron chi connectivity index (χ4n) is 1.59. The molecule has 1 aliphatic heterocycles. The lowest BCUT2D eigenvalue weighted by Crippen LogP contribution is -2.13. The Hall–Kier alpha value is -1.58. The van der Waals surface area contributed by atoms with Crippen LogP contribution in [0.15, 0.2) is 18.3 Å². The van der Waals surface area contributed by atoms with E-state index in [2.05, 4.69) is 10.3 Å². The summed E-state index contributed by atoms with van der Waals surface area (Å²) >= 11 is 0. The molecule has 1 amide bonds. The van der Waals surface area contributed by atoms with Gasteiger partial charge in [-0.05, 0) is 6.07 Å². The van der Waals surface area contributed by atoms with Crippen LogP contribution in [0.2, 0.25) is 0 Å². The highest BCUT2D eigenvalue weighted by Gasteiger charge is 2.24. The van der Waals surface area contributed by atoms with E-state index in [1.165, 1.54) is 0 Å². The van der Waals surface area contributed by atoms with E-state index in [9.17, 15) is 4.79 Å². The number of nitrogens with zero attached hydrogens (tertiary/aromatic N) is 1. The van der Waals surface area contributed by atoms with Gasteiger partial charge in [0.05, 0.1) is 7.11 Å². The molecule has 2 rings (SSSR count). The molecule has 0 saturated carbocycles. The van der Waals surface area contributed by atoms with Gasteiger partial charge >= 0.3 is 0 Å². The van der Waals surface area contributed by atoms with Crippen molar-refractivity contribution in [1.82, 2.24) is 10.3 Å². The number of carbonyl (C=O) groups is 1. The standard InChI is InChI=1S/C10H12N2O2/c1-14-8-2-3-11-9(5-8)7-4-10(13)12-6-7/h2-3,5,7H,4,6H2,1H3,(H,12,13). The van der Waals surface area contributed by atoms with E-state index in [4.69, 9.17) is 4.74 Å². The molecule has 1 unspecified atom stereocenters. The second kappa shape index (κ2) is 3.65. The molecule has 4 heteroatoms. The van der Waals surface area contributed by atoms with Crippen LogP contribution < -0.4 is 10.1 Å². The Labute approximate surface area is 82.3 Å². The minimum absolute atomic E-state index is 0.0969. The molecule has 0 aromatic carbocycles. The summed E-state index contributed by atoms with van der Waals surface area (Å²) in [5.74, 6) is 1.08. The van der Waals surface area contributed by atoms with Crippen LogP contribution >= 0.6 is 0 Å². The van der Waals surface area contributed by atoms with Gasteiger partial charge in [-0.2, -0.15) is 0 Å². The van der Waals surface area contributed by atoms with Gasteiger partial charge in [0.1, 0.15) is 5.75 Å².